The molecule has 0 spiro atoms. The van der Waals surface area contributed by atoms with E-state index in [4.69, 9.17) is 9.39 Å². The third-order valence-corrected chi connectivity index (χ3v) is 2.79. The van der Waals surface area contributed by atoms with Crippen LogP contribution in [0.2, 0.25) is 0 Å². The summed E-state index contributed by atoms with van der Waals surface area (Å²) in [5.74, 6) is 0. The van der Waals surface area contributed by atoms with Crippen LogP contribution in [0, 0.1) is 0 Å². The standard InChI is InChI=1S/C11H18BN2O3/c1-10(2,15)11(3,4)17-12-8-6-13-9(16-5)14-7-8/h6-7,15H,1-5H3. The second kappa shape index (κ2) is 5.02. The summed E-state index contributed by atoms with van der Waals surface area (Å²) in [6, 6.07) is 0.309. The quantitative estimate of drug-likeness (QED) is 0.746. The first-order valence-electron chi connectivity index (χ1n) is 5.36. The number of nitrogens with zero attached hydrogens (tertiary/aromatic N) is 2. The van der Waals surface area contributed by atoms with Gasteiger partial charge in [-0.25, -0.2) is 9.97 Å². The van der Waals surface area contributed by atoms with Crippen LogP contribution in [0.3, 0.4) is 0 Å². The second-order valence-corrected chi connectivity index (χ2v) is 4.81. The fraction of sp³-hybridized carbons (Fsp3) is 0.636. The topological polar surface area (TPSA) is 64.5 Å². The van der Waals surface area contributed by atoms with Crippen LogP contribution in [0.1, 0.15) is 27.7 Å². The smallest absolute Gasteiger partial charge is 0.334 e. The Balaban J connectivity index is 2.61. The van der Waals surface area contributed by atoms with Gasteiger partial charge in [-0.15, -0.1) is 0 Å². The number of ether oxygens (including phenoxy) is 1. The molecule has 0 unspecified atom stereocenters. The van der Waals surface area contributed by atoms with Crippen molar-refractivity contribution in [3.63, 3.8) is 0 Å². The van der Waals surface area contributed by atoms with Crippen LogP contribution in [0.5, 0.6) is 6.01 Å². The van der Waals surface area contributed by atoms with Gasteiger partial charge < -0.3 is 14.5 Å². The van der Waals surface area contributed by atoms with E-state index in [9.17, 15) is 5.11 Å². The van der Waals surface area contributed by atoms with Crippen LogP contribution in [0.25, 0.3) is 0 Å². The number of hydrogen-bond donors (Lipinski definition) is 1. The van der Waals surface area contributed by atoms with E-state index >= 15 is 0 Å². The molecule has 17 heavy (non-hydrogen) atoms. The molecule has 0 saturated heterocycles. The van der Waals surface area contributed by atoms with Gasteiger partial charge in [0, 0.05) is 12.4 Å². The number of methoxy groups -OCH3 is 1. The van der Waals surface area contributed by atoms with E-state index in [1.54, 1.807) is 26.2 Å². The lowest BCUT2D eigenvalue weighted by Gasteiger charge is -2.37. The van der Waals surface area contributed by atoms with E-state index in [1.807, 2.05) is 13.8 Å². The number of aliphatic hydroxyl groups is 1. The first-order valence-corrected chi connectivity index (χ1v) is 5.36. The van der Waals surface area contributed by atoms with Crippen LogP contribution in [-0.4, -0.2) is 40.9 Å². The van der Waals surface area contributed by atoms with Gasteiger partial charge in [0.2, 0.25) is 0 Å². The summed E-state index contributed by atoms with van der Waals surface area (Å²) >= 11 is 0. The maximum Gasteiger partial charge on any atom is 0.334 e. The minimum absolute atomic E-state index is 0.309. The van der Waals surface area contributed by atoms with Crippen molar-refractivity contribution >= 4 is 12.9 Å². The van der Waals surface area contributed by atoms with Crippen LogP contribution >= 0.6 is 0 Å². The van der Waals surface area contributed by atoms with E-state index in [2.05, 4.69) is 9.97 Å². The summed E-state index contributed by atoms with van der Waals surface area (Å²) < 4.78 is 10.4. The Labute approximate surface area is 102 Å². The summed E-state index contributed by atoms with van der Waals surface area (Å²) in [7, 11) is 3.03. The molecule has 0 saturated carbocycles. The van der Waals surface area contributed by atoms with Crippen molar-refractivity contribution in [2.24, 2.45) is 0 Å². The van der Waals surface area contributed by atoms with Crippen LogP contribution < -0.4 is 10.2 Å². The molecule has 1 rings (SSSR count). The molecule has 93 valence electrons. The molecule has 0 aliphatic rings. The lowest BCUT2D eigenvalue weighted by Crippen LogP contribution is -2.49. The molecule has 0 atom stereocenters. The lowest BCUT2D eigenvalue weighted by molar-refractivity contribution is -0.0893. The zero-order valence-corrected chi connectivity index (χ0v) is 10.9. The molecule has 6 heteroatoms. The summed E-state index contributed by atoms with van der Waals surface area (Å²) in [6.07, 6.45) is 3.18. The molecule has 0 amide bonds. The average Bonchev–Trinajstić information content (AvgIpc) is 2.25. The molecule has 5 nitrogen and oxygen atoms in total. The van der Waals surface area contributed by atoms with Gasteiger partial charge >= 0.3 is 13.5 Å². The van der Waals surface area contributed by atoms with Crippen LogP contribution in [0.4, 0.5) is 0 Å². The first kappa shape index (κ1) is 13.9. The molecule has 1 N–H and O–H groups in total. The van der Waals surface area contributed by atoms with Crippen LogP contribution in [-0.2, 0) is 4.65 Å². The summed E-state index contributed by atoms with van der Waals surface area (Å²) in [5.41, 5.74) is -0.938. The van der Waals surface area contributed by atoms with E-state index in [0.717, 1.165) is 0 Å². The zero-order chi connectivity index (χ0) is 13.1. The van der Waals surface area contributed by atoms with Gasteiger partial charge in [-0.05, 0) is 33.2 Å². The Kier molecular flexibility index (Phi) is 4.11. The van der Waals surface area contributed by atoms with Gasteiger partial charge in [0.15, 0.2) is 0 Å². The normalized spacial score (nSPS) is 12.4. The van der Waals surface area contributed by atoms with Gasteiger partial charge in [0.05, 0.1) is 18.3 Å². The lowest BCUT2D eigenvalue weighted by atomic mass is 9.84. The fourth-order valence-corrected chi connectivity index (χ4v) is 0.852. The van der Waals surface area contributed by atoms with Crippen molar-refractivity contribution in [2.45, 2.75) is 38.9 Å². The molecule has 1 radical (unpaired) electrons. The van der Waals surface area contributed by atoms with Gasteiger partial charge in [-0.1, -0.05) is 0 Å². The molecule has 1 heterocycles. The first-order chi connectivity index (χ1) is 7.76. The van der Waals surface area contributed by atoms with Gasteiger partial charge in [0.25, 0.3) is 0 Å². The number of hydrogen-bond acceptors (Lipinski definition) is 5. The molecule has 1 aromatic heterocycles. The third-order valence-electron chi connectivity index (χ3n) is 2.79. The minimum atomic E-state index is -0.948. The van der Waals surface area contributed by atoms with E-state index in [0.29, 0.717) is 11.5 Å². The average molecular weight is 237 g/mol. The molecule has 0 fully saturated rings. The van der Waals surface area contributed by atoms with Crippen molar-refractivity contribution in [3.05, 3.63) is 12.4 Å². The number of aromatic nitrogens is 2. The third kappa shape index (κ3) is 3.68. The maximum absolute atomic E-state index is 9.91. The van der Waals surface area contributed by atoms with E-state index in [1.165, 1.54) is 14.6 Å². The highest BCUT2D eigenvalue weighted by Gasteiger charge is 2.35. The molecule has 0 aliphatic carbocycles. The Morgan fingerprint density at radius 1 is 1.18 bits per heavy atom. The zero-order valence-electron chi connectivity index (χ0n) is 10.9. The monoisotopic (exact) mass is 237 g/mol. The highest BCUT2D eigenvalue weighted by Crippen LogP contribution is 2.24. The fourth-order valence-electron chi connectivity index (χ4n) is 0.852. The molecular weight excluding hydrogens is 219 g/mol. The predicted octanol–water partition coefficient (Wildman–Crippen LogP) is 0.296. The number of rotatable bonds is 5. The summed E-state index contributed by atoms with van der Waals surface area (Å²) in [4.78, 5) is 7.91. The Hall–Kier alpha value is -1.14. The van der Waals surface area contributed by atoms with Gasteiger partial charge in [0.1, 0.15) is 0 Å². The predicted molar refractivity (Wildman–Crippen MR) is 65.4 cm³/mol. The highest BCUT2D eigenvalue weighted by atomic mass is 16.5. The SMILES string of the molecule is COc1ncc([B]OC(C)(C)C(C)(C)O)cn1. The van der Waals surface area contributed by atoms with Crippen molar-refractivity contribution in [1.82, 2.24) is 9.97 Å². The van der Waals surface area contributed by atoms with Crippen molar-refractivity contribution in [1.29, 1.82) is 0 Å². The minimum Gasteiger partial charge on any atom is -0.467 e. The van der Waals surface area contributed by atoms with Crippen molar-refractivity contribution in [3.8, 4) is 6.01 Å². The Morgan fingerprint density at radius 2 is 1.71 bits per heavy atom. The molecule has 1 aromatic rings. The molecule has 0 bridgehead atoms. The van der Waals surface area contributed by atoms with Crippen molar-refractivity contribution in [2.75, 3.05) is 7.11 Å². The Bertz CT molecular complexity index is 360. The molecule has 0 aliphatic heterocycles. The second-order valence-electron chi connectivity index (χ2n) is 4.81. The van der Waals surface area contributed by atoms with Crippen molar-refractivity contribution < 1.29 is 14.5 Å². The van der Waals surface area contributed by atoms with Gasteiger partial charge in [-0.3, -0.25) is 0 Å². The molecular formula is C11H18BN2O3. The molecule has 0 aromatic carbocycles. The van der Waals surface area contributed by atoms with E-state index in [-0.39, 0.29) is 0 Å². The Morgan fingerprint density at radius 3 is 2.12 bits per heavy atom. The van der Waals surface area contributed by atoms with E-state index < -0.39 is 11.2 Å². The van der Waals surface area contributed by atoms with Crippen LogP contribution in [0.15, 0.2) is 12.4 Å². The largest absolute Gasteiger partial charge is 0.467 e. The summed E-state index contributed by atoms with van der Waals surface area (Å²) in [6.45, 7) is 7.03. The highest BCUT2D eigenvalue weighted by molar-refractivity contribution is 6.46. The summed E-state index contributed by atoms with van der Waals surface area (Å²) in [5, 5.41) is 9.91. The maximum atomic E-state index is 9.91. The van der Waals surface area contributed by atoms with Gasteiger partial charge in [-0.2, -0.15) is 0 Å².